The first-order valence-electron chi connectivity index (χ1n) is 8.24. The molecule has 0 aliphatic carbocycles. The van der Waals surface area contributed by atoms with Crippen molar-refractivity contribution < 1.29 is 23.1 Å². The summed E-state index contributed by atoms with van der Waals surface area (Å²) in [5.41, 5.74) is 0.285. The molecule has 2 amide bonds. The summed E-state index contributed by atoms with van der Waals surface area (Å²) >= 11 is 0. The predicted molar refractivity (Wildman–Crippen MR) is 90.8 cm³/mol. The minimum Gasteiger partial charge on any atom is -0.481 e. The molecule has 1 saturated heterocycles. The lowest BCUT2D eigenvalue weighted by Crippen LogP contribution is -2.51. The second kappa shape index (κ2) is 7.95. The number of ether oxygens (including phenoxy) is 1. The number of amides is 2. The van der Waals surface area contributed by atoms with E-state index in [-0.39, 0.29) is 29.7 Å². The Bertz CT molecular complexity index is 805. The SMILES string of the molecule is O=C(COc1ccccc1F)N1CCN(C(=O)c2cccc(F)c2)CC1. The van der Waals surface area contributed by atoms with Crippen LogP contribution in [0.15, 0.2) is 48.5 Å². The Hall–Kier alpha value is -2.96. The van der Waals surface area contributed by atoms with E-state index in [1.807, 2.05) is 0 Å². The summed E-state index contributed by atoms with van der Waals surface area (Å²) in [6.07, 6.45) is 0. The van der Waals surface area contributed by atoms with Gasteiger partial charge in [0.05, 0.1) is 0 Å². The number of benzene rings is 2. The van der Waals surface area contributed by atoms with Crippen molar-refractivity contribution in [2.45, 2.75) is 0 Å². The summed E-state index contributed by atoms with van der Waals surface area (Å²) in [7, 11) is 0. The average molecular weight is 360 g/mol. The molecule has 1 aliphatic heterocycles. The zero-order valence-corrected chi connectivity index (χ0v) is 14.0. The van der Waals surface area contributed by atoms with Crippen molar-refractivity contribution in [2.24, 2.45) is 0 Å². The van der Waals surface area contributed by atoms with Crippen LogP contribution in [0.1, 0.15) is 10.4 Å². The summed E-state index contributed by atoms with van der Waals surface area (Å²) in [5.74, 6) is -1.49. The van der Waals surface area contributed by atoms with Gasteiger partial charge in [-0.25, -0.2) is 8.78 Å². The third kappa shape index (κ3) is 4.17. The van der Waals surface area contributed by atoms with Crippen LogP contribution >= 0.6 is 0 Å². The van der Waals surface area contributed by atoms with E-state index in [1.54, 1.807) is 28.0 Å². The molecular weight excluding hydrogens is 342 g/mol. The van der Waals surface area contributed by atoms with Gasteiger partial charge in [0.1, 0.15) is 5.82 Å². The van der Waals surface area contributed by atoms with Gasteiger partial charge in [-0.15, -0.1) is 0 Å². The number of nitrogens with zero attached hydrogens (tertiary/aromatic N) is 2. The van der Waals surface area contributed by atoms with E-state index in [2.05, 4.69) is 0 Å². The number of hydrogen-bond acceptors (Lipinski definition) is 3. The van der Waals surface area contributed by atoms with Gasteiger partial charge in [0.15, 0.2) is 18.2 Å². The Morgan fingerprint density at radius 1 is 0.923 bits per heavy atom. The number of para-hydroxylation sites is 1. The van der Waals surface area contributed by atoms with E-state index >= 15 is 0 Å². The molecule has 5 nitrogen and oxygen atoms in total. The van der Waals surface area contributed by atoms with Crippen LogP contribution in [0, 0.1) is 11.6 Å². The third-order valence-electron chi connectivity index (χ3n) is 4.18. The van der Waals surface area contributed by atoms with Gasteiger partial charge in [-0.2, -0.15) is 0 Å². The first-order chi connectivity index (χ1) is 12.5. The number of rotatable bonds is 4. The van der Waals surface area contributed by atoms with Crippen molar-refractivity contribution in [3.05, 3.63) is 65.7 Å². The fourth-order valence-electron chi connectivity index (χ4n) is 2.76. The smallest absolute Gasteiger partial charge is 0.260 e. The normalized spacial score (nSPS) is 14.2. The first-order valence-corrected chi connectivity index (χ1v) is 8.24. The summed E-state index contributed by atoms with van der Waals surface area (Å²) in [6.45, 7) is 1.13. The average Bonchev–Trinajstić information content (AvgIpc) is 2.66. The van der Waals surface area contributed by atoms with Crippen molar-refractivity contribution >= 4 is 11.8 Å². The molecule has 7 heteroatoms. The molecule has 0 unspecified atom stereocenters. The Labute approximate surface area is 149 Å². The van der Waals surface area contributed by atoms with Gasteiger partial charge in [0.25, 0.3) is 11.8 Å². The molecule has 136 valence electrons. The first kappa shape index (κ1) is 17.8. The van der Waals surface area contributed by atoms with Crippen molar-refractivity contribution in [2.75, 3.05) is 32.8 Å². The minimum atomic E-state index is -0.522. The zero-order valence-electron chi connectivity index (χ0n) is 14.0. The van der Waals surface area contributed by atoms with Crippen LogP contribution < -0.4 is 4.74 Å². The molecule has 0 bridgehead atoms. The fraction of sp³-hybridized carbons (Fsp3) is 0.263. The van der Waals surface area contributed by atoms with E-state index in [9.17, 15) is 18.4 Å². The van der Waals surface area contributed by atoms with Gasteiger partial charge < -0.3 is 14.5 Å². The number of halogens is 2. The number of carbonyl (C=O) groups is 2. The number of hydrogen-bond donors (Lipinski definition) is 0. The molecule has 0 radical (unpaired) electrons. The topological polar surface area (TPSA) is 49.9 Å². The van der Waals surface area contributed by atoms with Gasteiger partial charge in [-0.1, -0.05) is 18.2 Å². The molecule has 0 aromatic heterocycles. The maximum atomic E-state index is 13.5. The van der Waals surface area contributed by atoms with Crippen LogP contribution in [0.25, 0.3) is 0 Å². The fourth-order valence-corrected chi connectivity index (χ4v) is 2.76. The molecule has 26 heavy (non-hydrogen) atoms. The monoisotopic (exact) mass is 360 g/mol. The molecule has 0 N–H and O–H groups in total. The zero-order chi connectivity index (χ0) is 18.5. The van der Waals surface area contributed by atoms with E-state index in [0.717, 1.165) is 0 Å². The van der Waals surface area contributed by atoms with Crippen LogP contribution in [0.3, 0.4) is 0 Å². The van der Waals surface area contributed by atoms with Crippen LogP contribution in [0.4, 0.5) is 8.78 Å². The summed E-state index contributed by atoms with van der Waals surface area (Å²) in [6, 6.07) is 11.4. The molecule has 0 atom stereocenters. The summed E-state index contributed by atoms with van der Waals surface area (Å²) in [5, 5.41) is 0. The van der Waals surface area contributed by atoms with E-state index < -0.39 is 11.6 Å². The van der Waals surface area contributed by atoms with Crippen molar-refractivity contribution in [1.82, 2.24) is 9.80 Å². The Kier molecular flexibility index (Phi) is 5.46. The molecule has 3 rings (SSSR count). The van der Waals surface area contributed by atoms with Gasteiger partial charge in [0.2, 0.25) is 0 Å². The van der Waals surface area contributed by atoms with Gasteiger partial charge in [-0.05, 0) is 30.3 Å². The molecule has 2 aromatic carbocycles. The summed E-state index contributed by atoms with van der Waals surface area (Å²) < 4.78 is 32.0. The van der Waals surface area contributed by atoms with Gasteiger partial charge >= 0.3 is 0 Å². The predicted octanol–water partition coefficient (Wildman–Crippen LogP) is 2.33. The maximum absolute atomic E-state index is 13.5. The van der Waals surface area contributed by atoms with Crippen LogP contribution in [-0.4, -0.2) is 54.4 Å². The highest BCUT2D eigenvalue weighted by Gasteiger charge is 2.25. The van der Waals surface area contributed by atoms with Crippen molar-refractivity contribution in [1.29, 1.82) is 0 Å². The molecule has 1 aliphatic rings. The lowest BCUT2D eigenvalue weighted by molar-refractivity contribution is -0.134. The van der Waals surface area contributed by atoms with Gasteiger partial charge in [-0.3, -0.25) is 9.59 Å². The van der Waals surface area contributed by atoms with Crippen LogP contribution in [0.5, 0.6) is 5.75 Å². The van der Waals surface area contributed by atoms with Crippen LogP contribution in [-0.2, 0) is 4.79 Å². The quantitative estimate of drug-likeness (QED) is 0.841. The molecule has 1 fully saturated rings. The van der Waals surface area contributed by atoms with E-state index in [0.29, 0.717) is 26.2 Å². The second-order valence-electron chi connectivity index (χ2n) is 5.90. The highest BCUT2D eigenvalue weighted by molar-refractivity contribution is 5.94. The Balaban J connectivity index is 1.51. The maximum Gasteiger partial charge on any atom is 0.260 e. The van der Waals surface area contributed by atoms with E-state index in [4.69, 9.17) is 4.74 Å². The standard InChI is InChI=1S/C19H18F2N2O3/c20-15-5-3-4-14(12-15)19(25)23-10-8-22(9-11-23)18(24)13-26-17-7-2-1-6-16(17)21/h1-7,12H,8-11,13H2. The Morgan fingerprint density at radius 2 is 1.62 bits per heavy atom. The lowest BCUT2D eigenvalue weighted by atomic mass is 10.1. The molecule has 1 heterocycles. The van der Waals surface area contributed by atoms with Gasteiger partial charge in [0, 0.05) is 31.7 Å². The number of piperazine rings is 1. The third-order valence-corrected chi connectivity index (χ3v) is 4.18. The number of carbonyl (C=O) groups excluding carboxylic acids is 2. The molecular formula is C19H18F2N2O3. The Morgan fingerprint density at radius 3 is 2.31 bits per heavy atom. The molecule has 0 spiro atoms. The molecule has 2 aromatic rings. The second-order valence-corrected chi connectivity index (χ2v) is 5.90. The largest absolute Gasteiger partial charge is 0.481 e. The van der Waals surface area contributed by atoms with E-state index in [1.165, 1.54) is 30.3 Å². The lowest BCUT2D eigenvalue weighted by Gasteiger charge is -2.34. The summed E-state index contributed by atoms with van der Waals surface area (Å²) in [4.78, 5) is 27.7. The van der Waals surface area contributed by atoms with Crippen molar-refractivity contribution in [3.8, 4) is 5.75 Å². The minimum absolute atomic E-state index is 0.0285. The van der Waals surface area contributed by atoms with Crippen molar-refractivity contribution in [3.63, 3.8) is 0 Å². The van der Waals surface area contributed by atoms with Crippen LogP contribution in [0.2, 0.25) is 0 Å². The molecule has 0 saturated carbocycles. The highest BCUT2D eigenvalue weighted by atomic mass is 19.1. The highest BCUT2D eigenvalue weighted by Crippen LogP contribution is 2.16.